The number of hydrogen-bond acceptors (Lipinski definition) is 2. The van der Waals surface area contributed by atoms with Crippen LogP contribution >= 0.6 is 15.9 Å². The largest absolute Gasteiger partial charge is 0.348 e. The Morgan fingerprint density at radius 2 is 1.80 bits per heavy atom. The first-order valence-corrected chi connectivity index (χ1v) is 6.90. The number of nitrogens with one attached hydrogen (secondary N) is 1. The summed E-state index contributed by atoms with van der Waals surface area (Å²) in [4.78, 5) is 11.9. The van der Waals surface area contributed by atoms with Crippen LogP contribution in [-0.4, -0.2) is 5.91 Å². The van der Waals surface area contributed by atoms with Crippen molar-refractivity contribution >= 4 is 21.8 Å². The van der Waals surface area contributed by atoms with Crippen molar-refractivity contribution in [1.29, 1.82) is 0 Å². The lowest BCUT2D eigenvalue weighted by Gasteiger charge is -2.07. The normalized spacial score (nSPS) is 10.3. The molecule has 0 unspecified atom stereocenters. The highest BCUT2D eigenvalue weighted by Gasteiger charge is 2.08. The summed E-state index contributed by atoms with van der Waals surface area (Å²) >= 11 is 3.05. The van der Waals surface area contributed by atoms with E-state index in [4.69, 9.17) is 5.73 Å². The summed E-state index contributed by atoms with van der Waals surface area (Å²) in [5.74, 6) is -0.760. The van der Waals surface area contributed by atoms with Gasteiger partial charge in [0, 0.05) is 18.7 Å². The van der Waals surface area contributed by atoms with E-state index in [1.165, 1.54) is 12.1 Å². The summed E-state index contributed by atoms with van der Waals surface area (Å²) in [5, 5.41) is 2.75. The molecule has 20 heavy (non-hydrogen) atoms. The zero-order chi connectivity index (χ0) is 14.5. The Morgan fingerprint density at radius 3 is 2.40 bits per heavy atom. The lowest BCUT2D eigenvalue weighted by molar-refractivity contribution is 0.0950. The van der Waals surface area contributed by atoms with Gasteiger partial charge in [-0.3, -0.25) is 4.79 Å². The predicted molar refractivity (Wildman–Crippen MR) is 79.6 cm³/mol. The van der Waals surface area contributed by atoms with Crippen molar-refractivity contribution in [3.63, 3.8) is 0 Å². The van der Waals surface area contributed by atoms with E-state index in [0.717, 1.165) is 11.1 Å². The Kier molecular flexibility index (Phi) is 4.87. The van der Waals surface area contributed by atoms with Crippen LogP contribution in [0, 0.1) is 5.82 Å². The highest BCUT2D eigenvalue weighted by molar-refractivity contribution is 9.10. The number of halogens is 2. The molecule has 0 bridgehead atoms. The Labute approximate surface area is 125 Å². The fourth-order valence-electron chi connectivity index (χ4n) is 1.71. The second kappa shape index (κ2) is 6.63. The number of hydrogen-bond donors (Lipinski definition) is 2. The molecule has 0 fully saturated rings. The van der Waals surface area contributed by atoms with Crippen LogP contribution in [0.4, 0.5) is 4.39 Å². The van der Waals surface area contributed by atoms with Crippen LogP contribution in [0.1, 0.15) is 21.5 Å². The van der Waals surface area contributed by atoms with E-state index in [1.807, 2.05) is 24.3 Å². The molecule has 0 aliphatic rings. The molecule has 0 aromatic heterocycles. The minimum atomic E-state index is -0.454. The summed E-state index contributed by atoms with van der Waals surface area (Å²) in [7, 11) is 0. The lowest BCUT2D eigenvalue weighted by Crippen LogP contribution is -2.22. The number of rotatable bonds is 4. The zero-order valence-corrected chi connectivity index (χ0v) is 12.3. The van der Waals surface area contributed by atoms with E-state index in [2.05, 4.69) is 21.2 Å². The van der Waals surface area contributed by atoms with Gasteiger partial charge < -0.3 is 11.1 Å². The van der Waals surface area contributed by atoms with Gasteiger partial charge >= 0.3 is 0 Å². The van der Waals surface area contributed by atoms with Crippen molar-refractivity contribution < 1.29 is 9.18 Å². The van der Waals surface area contributed by atoms with Crippen LogP contribution in [-0.2, 0) is 13.1 Å². The Balaban J connectivity index is 1.98. The monoisotopic (exact) mass is 336 g/mol. The zero-order valence-electron chi connectivity index (χ0n) is 10.7. The summed E-state index contributed by atoms with van der Waals surface area (Å²) < 4.78 is 13.7. The van der Waals surface area contributed by atoms with Crippen molar-refractivity contribution in [3.05, 3.63) is 69.4 Å². The van der Waals surface area contributed by atoms with Gasteiger partial charge in [-0.2, -0.15) is 0 Å². The molecule has 2 rings (SSSR count). The van der Waals surface area contributed by atoms with E-state index in [0.29, 0.717) is 23.1 Å². The van der Waals surface area contributed by atoms with Crippen molar-refractivity contribution in [2.24, 2.45) is 5.73 Å². The van der Waals surface area contributed by atoms with Crippen molar-refractivity contribution in [2.45, 2.75) is 13.1 Å². The molecule has 0 saturated carbocycles. The molecule has 0 heterocycles. The highest BCUT2D eigenvalue weighted by Crippen LogP contribution is 2.16. The van der Waals surface area contributed by atoms with Crippen molar-refractivity contribution in [3.8, 4) is 0 Å². The fraction of sp³-hybridized carbons (Fsp3) is 0.133. The standard InChI is InChI=1S/C15H14BrFN2O/c16-13-6-5-12(7-14(13)17)15(20)19-9-11-3-1-10(8-18)2-4-11/h1-7H,8-9,18H2,(H,19,20). The van der Waals surface area contributed by atoms with Crippen LogP contribution in [0.25, 0.3) is 0 Å². The van der Waals surface area contributed by atoms with Crippen LogP contribution in [0.5, 0.6) is 0 Å². The Hall–Kier alpha value is -1.72. The quantitative estimate of drug-likeness (QED) is 0.901. The van der Waals surface area contributed by atoms with Crippen LogP contribution in [0.15, 0.2) is 46.9 Å². The third-order valence-corrected chi connectivity index (χ3v) is 3.54. The van der Waals surface area contributed by atoms with Crippen LogP contribution < -0.4 is 11.1 Å². The second-order valence-electron chi connectivity index (χ2n) is 4.33. The van der Waals surface area contributed by atoms with Gasteiger partial charge in [-0.25, -0.2) is 4.39 Å². The van der Waals surface area contributed by atoms with E-state index in [9.17, 15) is 9.18 Å². The second-order valence-corrected chi connectivity index (χ2v) is 5.19. The fourth-order valence-corrected chi connectivity index (χ4v) is 1.96. The maximum Gasteiger partial charge on any atom is 0.251 e. The van der Waals surface area contributed by atoms with E-state index >= 15 is 0 Å². The maximum absolute atomic E-state index is 13.3. The Bertz CT molecular complexity index is 614. The number of amides is 1. The molecule has 2 aromatic rings. The average Bonchev–Trinajstić information content (AvgIpc) is 2.48. The van der Waals surface area contributed by atoms with E-state index in [-0.39, 0.29) is 5.91 Å². The molecule has 3 nitrogen and oxygen atoms in total. The molecule has 0 radical (unpaired) electrons. The van der Waals surface area contributed by atoms with E-state index < -0.39 is 5.82 Å². The van der Waals surface area contributed by atoms with Gasteiger partial charge in [0.25, 0.3) is 5.91 Å². The molecule has 0 aliphatic heterocycles. The summed E-state index contributed by atoms with van der Waals surface area (Å²) in [6, 6.07) is 11.9. The molecule has 0 saturated heterocycles. The molecule has 104 valence electrons. The van der Waals surface area contributed by atoms with Gasteiger partial charge in [-0.05, 0) is 45.3 Å². The smallest absolute Gasteiger partial charge is 0.251 e. The van der Waals surface area contributed by atoms with E-state index in [1.54, 1.807) is 6.07 Å². The minimum Gasteiger partial charge on any atom is -0.348 e. The summed E-state index contributed by atoms with van der Waals surface area (Å²) in [5.41, 5.74) is 7.81. The van der Waals surface area contributed by atoms with Gasteiger partial charge in [0.15, 0.2) is 0 Å². The molecule has 0 aliphatic carbocycles. The van der Waals surface area contributed by atoms with Gasteiger partial charge in [-0.15, -0.1) is 0 Å². The highest BCUT2D eigenvalue weighted by atomic mass is 79.9. The number of carbonyl (C=O) groups is 1. The van der Waals surface area contributed by atoms with Crippen LogP contribution in [0.2, 0.25) is 0 Å². The molecule has 1 amide bonds. The topological polar surface area (TPSA) is 55.1 Å². The Morgan fingerprint density at radius 1 is 1.15 bits per heavy atom. The molecule has 3 N–H and O–H groups in total. The third kappa shape index (κ3) is 3.65. The molecular formula is C15H14BrFN2O. The molecule has 2 aromatic carbocycles. The molecule has 0 atom stereocenters. The van der Waals surface area contributed by atoms with Crippen LogP contribution in [0.3, 0.4) is 0 Å². The first kappa shape index (κ1) is 14.7. The van der Waals surface area contributed by atoms with Gasteiger partial charge in [0.05, 0.1) is 4.47 Å². The summed E-state index contributed by atoms with van der Waals surface area (Å²) in [6.07, 6.45) is 0. The maximum atomic E-state index is 13.3. The number of benzene rings is 2. The van der Waals surface area contributed by atoms with Gasteiger partial charge in [-0.1, -0.05) is 24.3 Å². The number of nitrogens with two attached hydrogens (primary N) is 1. The predicted octanol–water partition coefficient (Wildman–Crippen LogP) is 2.98. The summed E-state index contributed by atoms with van der Waals surface area (Å²) in [6.45, 7) is 0.881. The average molecular weight is 337 g/mol. The lowest BCUT2D eigenvalue weighted by atomic mass is 10.1. The first-order chi connectivity index (χ1) is 9.60. The van der Waals surface area contributed by atoms with Crippen molar-refractivity contribution in [2.75, 3.05) is 0 Å². The first-order valence-electron chi connectivity index (χ1n) is 6.11. The molecule has 0 spiro atoms. The SMILES string of the molecule is NCc1ccc(CNC(=O)c2ccc(Br)c(F)c2)cc1. The van der Waals surface area contributed by atoms with Crippen molar-refractivity contribution in [1.82, 2.24) is 5.32 Å². The minimum absolute atomic E-state index is 0.296. The molecular weight excluding hydrogens is 323 g/mol. The van der Waals surface area contributed by atoms with Gasteiger partial charge in [0.2, 0.25) is 0 Å². The molecule has 5 heteroatoms. The number of carbonyl (C=O) groups excluding carboxylic acids is 1. The third-order valence-electron chi connectivity index (χ3n) is 2.89. The van der Waals surface area contributed by atoms with Gasteiger partial charge in [0.1, 0.15) is 5.82 Å².